The number of esters is 4. The molecule has 0 saturated heterocycles. The molecular weight excluding hydrogens is 456 g/mol. The van der Waals surface area contributed by atoms with Crippen molar-refractivity contribution in [2.75, 3.05) is 0 Å². The van der Waals surface area contributed by atoms with Crippen LogP contribution in [0.15, 0.2) is 46.2 Å². The van der Waals surface area contributed by atoms with Gasteiger partial charge in [-0.1, -0.05) is 13.8 Å². The molecule has 172 valence electrons. The number of hydrogen-bond acceptors (Lipinski definition) is 10. The standard InChI is InChI=1S/C22H18O10S/c1-3-17(23)29-21-13-7-5-11(9-15(13)19(25)31-21)33(27,28)12-6-8-14-16(10-12)20(26)32-22(14)30-18(24)4-2/h5-10,21-22H,3-4H2,1-2H3. The summed E-state index contributed by atoms with van der Waals surface area (Å²) in [7, 11) is -4.15. The second kappa shape index (κ2) is 8.32. The van der Waals surface area contributed by atoms with Crippen LogP contribution in [0.4, 0.5) is 0 Å². The summed E-state index contributed by atoms with van der Waals surface area (Å²) < 4.78 is 46.5. The van der Waals surface area contributed by atoms with Crippen molar-refractivity contribution in [2.24, 2.45) is 0 Å². The summed E-state index contributed by atoms with van der Waals surface area (Å²) in [6, 6.07) is 7.43. The van der Waals surface area contributed by atoms with E-state index in [1.165, 1.54) is 24.3 Å². The lowest BCUT2D eigenvalue weighted by Gasteiger charge is -2.12. The van der Waals surface area contributed by atoms with Crippen LogP contribution in [0.25, 0.3) is 0 Å². The summed E-state index contributed by atoms with van der Waals surface area (Å²) >= 11 is 0. The molecule has 0 aliphatic carbocycles. The minimum Gasteiger partial charge on any atom is -0.421 e. The van der Waals surface area contributed by atoms with Crippen LogP contribution in [0.1, 0.15) is 71.1 Å². The van der Waals surface area contributed by atoms with Crippen LogP contribution in [0, 0.1) is 0 Å². The number of rotatable bonds is 6. The maximum Gasteiger partial charge on any atom is 0.342 e. The zero-order valence-electron chi connectivity index (χ0n) is 17.5. The molecule has 0 saturated carbocycles. The summed E-state index contributed by atoms with van der Waals surface area (Å²) in [6.07, 6.45) is -2.33. The van der Waals surface area contributed by atoms with Gasteiger partial charge < -0.3 is 18.9 Å². The maximum absolute atomic E-state index is 13.2. The van der Waals surface area contributed by atoms with Gasteiger partial charge in [-0.25, -0.2) is 18.0 Å². The molecule has 10 nitrogen and oxygen atoms in total. The van der Waals surface area contributed by atoms with Crippen LogP contribution in [-0.4, -0.2) is 32.3 Å². The Morgan fingerprint density at radius 2 is 1.18 bits per heavy atom. The first kappa shape index (κ1) is 22.5. The Bertz CT molecular complexity index is 1200. The number of benzene rings is 2. The van der Waals surface area contributed by atoms with E-state index in [0.717, 1.165) is 12.1 Å². The van der Waals surface area contributed by atoms with Crippen molar-refractivity contribution in [3.63, 3.8) is 0 Å². The van der Waals surface area contributed by atoms with Gasteiger partial charge in [0, 0.05) is 24.0 Å². The average Bonchev–Trinajstić information content (AvgIpc) is 3.28. The molecule has 2 aromatic rings. The Labute approximate surface area is 188 Å². The molecule has 2 aliphatic heterocycles. The van der Waals surface area contributed by atoms with E-state index in [4.69, 9.17) is 18.9 Å². The highest BCUT2D eigenvalue weighted by molar-refractivity contribution is 7.91. The van der Waals surface area contributed by atoms with Crippen LogP contribution >= 0.6 is 0 Å². The molecule has 0 aromatic heterocycles. The SMILES string of the molecule is CCC(=O)OC1OC(=O)c2cc(S(=O)(=O)c3ccc4c(c3)C(=O)OC4OC(=O)CC)ccc21. The predicted octanol–water partition coefficient (Wildman–Crippen LogP) is 2.76. The molecule has 0 amide bonds. The van der Waals surface area contributed by atoms with Crippen LogP contribution < -0.4 is 0 Å². The molecule has 0 N–H and O–H groups in total. The molecule has 2 heterocycles. The van der Waals surface area contributed by atoms with Gasteiger partial charge in [0.1, 0.15) is 0 Å². The Hall–Kier alpha value is -3.73. The maximum atomic E-state index is 13.2. The smallest absolute Gasteiger partial charge is 0.342 e. The highest BCUT2D eigenvalue weighted by Crippen LogP contribution is 2.37. The van der Waals surface area contributed by atoms with E-state index >= 15 is 0 Å². The third-order valence-electron chi connectivity index (χ3n) is 5.10. The highest BCUT2D eigenvalue weighted by atomic mass is 32.2. The van der Waals surface area contributed by atoms with E-state index < -0.39 is 46.3 Å². The fourth-order valence-corrected chi connectivity index (χ4v) is 4.65. The fraction of sp³-hybridized carbons (Fsp3) is 0.273. The molecule has 2 aromatic carbocycles. The predicted molar refractivity (Wildman–Crippen MR) is 107 cm³/mol. The second-order valence-corrected chi connectivity index (χ2v) is 9.11. The first-order valence-electron chi connectivity index (χ1n) is 9.99. The van der Waals surface area contributed by atoms with Gasteiger partial charge in [0.2, 0.25) is 9.84 Å². The fourth-order valence-electron chi connectivity index (χ4n) is 3.33. The van der Waals surface area contributed by atoms with Gasteiger partial charge in [-0.15, -0.1) is 0 Å². The number of hydrogen-bond donors (Lipinski definition) is 0. The molecular formula is C22H18O10S. The zero-order chi connectivity index (χ0) is 23.9. The van der Waals surface area contributed by atoms with Crippen molar-refractivity contribution in [1.82, 2.24) is 0 Å². The van der Waals surface area contributed by atoms with Crippen LogP contribution in [-0.2, 0) is 38.4 Å². The Kier molecular flexibility index (Phi) is 5.66. The molecule has 0 fully saturated rings. The highest BCUT2D eigenvalue weighted by Gasteiger charge is 2.37. The first-order chi connectivity index (χ1) is 15.6. The summed E-state index contributed by atoms with van der Waals surface area (Å²) in [6.45, 7) is 3.16. The zero-order valence-corrected chi connectivity index (χ0v) is 18.3. The van der Waals surface area contributed by atoms with E-state index in [9.17, 15) is 27.6 Å². The lowest BCUT2D eigenvalue weighted by molar-refractivity contribution is -0.168. The minimum absolute atomic E-state index is 0.0444. The topological polar surface area (TPSA) is 139 Å². The largest absolute Gasteiger partial charge is 0.421 e. The van der Waals surface area contributed by atoms with Crippen molar-refractivity contribution in [2.45, 2.75) is 49.1 Å². The lowest BCUT2D eigenvalue weighted by atomic mass is 10.1. The quantitative estimate of drug-likeness (QED) is 0.574. The van der Waals surface area contributed by atoms with Gasteiger partial charge >= 0.3 is 23.9 Å². The van der Waals surface area contributed by atoms with Gasteiger partial charge in [-0.05, 0) is 36.4 Å². The molecule has 2 atom stereocenters. The van der Waals surface area contributed by atoms with Gasteiger partial charge in [0.15, 0.2) is 0 Å². The number of fused-ring (bicyclic) bond motifs is 2. The van der Waals surface area contributed by atoms with E-state index in [0.29, 0.717) is 0 Å². The monoisotopic (exact) mass is 474 g/mol. The third-order valence-corrected chi connectivity index (χ3v) is 6.85. The van der Waals surface area contributed by atoms with Crippen molar-refractivity contribution in [3.8, 4) is 0 Å². The summed E-state index contributed by atoms with van der Waals surface area (Å²) in [5.41, 5.74) is 0.381. The molecule has 11 heteroatoms. The second-order valence-electron chi connectivity index (χ2n) is 7.16. The van der Waals surface area contributed by atoms with E-state index in [1.54, 1.807) is 13.8 Å². The lowest BCUT2D eigenvalue weighted by Crippen LogP contribution is -2.10. The van der Waals surface area contributed by atoms with Gasteiger partial charge in [0.25, 0.3) is 12.6 Å². The number of ether oxygens (including phenoxy) is 4. The molecule has 0 bridgehead atoms. The van der Waals surface area contributed by atoms with Crippen molar-refractivity contribution < 1.29 is 46.5 Å². The van der Waals surface area contributed by atoms with Crippen LogP contribution in [0.2, 0.25) is 0 Å². The van der Waals surface area contributed by atoms with Gasteiger partial charge in [0.05, 0.1) is 20.9 Å². The Morgan fingerprint density at radius 1 is 0.788 bits per heavy atom. The van der Waals surface area contributed by atoms with Crippen LogP contribution in [0.5, 0.6) is 0 Å². The van der Waals surface area contributed by atoms with Crippen LogP contribution in [0.3, 0.4) is 0 Å². The van der Waals surface area contributed by atoms with E-state index in [2.05, 4.69) is 0 Å². The molecule has 2 aliphatic rings. The van der Waals surface area contributed by atoms with Gasteiger partial charge in [-0.2, -0.15) is 0 Å². The van der Waals surface area contributed by atoms with Gasteiger partial charge in [-0.3, -0.25) is 9.59 Å². The summed E-state index contributed by atoms with van der Waals surface area (Å²) in [5, 5.41) is 0. The molecule has 4 rings (SSSR count). The Morgan fingerprint density at radius 3 is 1.55 bits per heavy atom. The van der Waals surface area contributed by atoms with E-state index in [1.807, 2.05) is 0 Å². The normalized spacial score (nSPS) is 18.7. The summed E-state index contributed by atoms with van der Waals surface area (Å²) in [5.74, 6) is -2.81. The minimum atomic E-state index is -4.15. The van der Waals surface area contributed by atoms with Crippen molar-refractivity contribution in [1.29, 1.82) is 0 Å². The number of sulfone groups is 1. The number of carbonyl (C=O) groups excluding carboxylic acids is 4. The molecule has 0 spiro atoms. The molecule has 33 heavy (non-hydrogen) atoms. The molecule has 0 radical (unpaired) electrons. The molecule has 2 unspecified atom stereocenters. The summed E-state index contributed by atoms with van der Waals surface area (Å²) in [4.78, 5) is 47.0. The van der Waals surface area contributed by atoms with Crippen molar-refractivity contribution >= 4 is 33.7 Å². The van der Waals surface area contributed by atoms with E-state index in [-0.39, 0.29) is 44.9 Å². The number of cyclic esters (lactones) is 2. The average molecular weight is 474 g/mol. The van der Waals surface area contributed by atoms with Crippen molar-refractivity contribution in [3.05, 3.63) is 58.7 Å². The number of carbonyl (C=O) groups is 4. The Balaban J connectivity index is 1.66. The third kappa shape index (κ3) is 3.95. The first-order valence-corrected chi connectivity index (χ1v) is 11.5.